The topological polar surface area (TPSA) is 100 Å². The highest BCUT2D eigenvalue weighted by atomic mass is 32.2. The van der Waals surface area contributed by atoms with Crippen molar-refractivity contribution in [1.29, 1.82) is 0 Å². The molecule has 1 amide bonds. The molecule has 1 rings (SSSR count). The molecule has 0 aliphatic heterocycles. The number of sulfonamides is 1. The molecule has 0 aromatic carbocycles. The van der Waals surface area contributed by atoms with Crippen LogP contribution in [0, 0.1) is 6.92 Å². The molecule has 118 valence electrons. The number of amides is 1. The van der Waals surface area contributed by atoms with Gasteiger partial charge >= 0.3 is 0 Å². The van der Waals surface area contributed by atoms with Gasteiger partial charge in [0.15, 0.2) is 0 Å². The molecular formula is C13H22N4O3S. The van der Waals surface area contributed by atoms with E-state index >= 15 is 0 Å². The second kappa shape index (κ2) is 7.94. The number of carbonyl (C=O) groups is 1. The first-order chi connectivity index (χ1) is 9.78. The van der Waals surface area contributed by atoms with Gasteiger partial charge in [-0.05, 0) is 31.9 Å². The van der Waals surface area contributed by atoms with Crippen LogP contribution in [0.4, 0.5) is 5.82 Å². The van der Waals surface area contributed by atoms with E-state index in [0.717, 1.165) is 17.6 Å². The first kappa shape index (κ1) is 17.4. The molecule has 0 bridgehead atoms. The maximum Gasteiger partial charge on any atom is 0.237 e. The van der Waals surface area contributed by atoms with Gasteiger partial charge in [0, 0.05) is 19.3 Å². The second-order valence-electron chi connectivity index (χ2n) is 4.90. The lowest BCUT2D eigenvalue weighted by atomic mass is 10.3. The van der Waals surface area contributed by atoms with Crippen molar-refractivity contribution < 1.29 is 13.2 Å². The summed E-state index contributed by atoms with van der Waals surface area (Å²) < 4.78 is 24.2. The molecule has 1 aromatic heterocycles. The zero-order chi connectivity index (χ0) is 15.9. The average Bonchev–Trinajstić information content (AvgIpc) is 2.38. The number of anilines is 1. The van der Waals surface area contributed by atoms with Crippen LogP contribution in [0.2, 0.25) is 0 Å². The number of carbonyl (C=O) groups excluding carboxylic acids is 1. The Kier molecular flexibility index (Phi) is 6.57. The summed E-state index contributed by atoms with van der Waals surface area (Å²) in [6, 6.07) is 3.09. The SMILES string of the molecule is Cc1ccc(NCCCNC(=O)[C@@H](C)NS(C)(=O)=O)nc1. The summed E-state index contributed by atoms with van der Waals surface area (Å²) in [6.45, 7) is 4.61. The van der Waals surface area contributed by atoms with Crippen LogP contribution < -0.4 is 15.4 Å². The van der Waals surface area contributed by atoms with Gasteiger partial charge in [-0.3, -0.25) is 4.79 Å². The number of nitrogens with one attached hydrogen (secondary N) is 3. The van der Waals surface area contributed by atoms with E-state index in [9.17, 15) is 13.2 Å². The Labute approximate surface area is 125 Å². The quantitative estimate of drug-likeness (QED) is 0.597. The third-order valence-corrected chi connectivity index (χ3v) is 3.44. The van der Waals surface area contributed by atoms with E-state index in [-0.39, 0.29) is 5.91 Å². The van der Waals surface area contributed by atoms with Crippen LogP contribution >= 0.6 is 0 Å². The Morgan fingerprint density at radius 1 is 1.33 bits per heavy atom. The van der Waals surface area contributed by atoms with E-state index < -0.39 is 16.1 Å². The van der Waals surface area contributed by atoms with Crippen molar-refractivity contribution in [2.45, 2.75) is 26.3 Å². The smallest absolute Gasteiger partial charge is 0.237 e. The maximum atomic E-state index is 11.6. The molecule has 8 heteroatoms. The van der Waals surface area contributed by atoms with Gasteiger partial charge in [0.25, 0.3) is 0 Å². The van der Waals surface area contributed by atoms with Crippen LogP contribution in [-0.4, -0.2) is 44.7 Å². The van der Waals surface area contributed by atoms with Gasteiger partial charge in [-0.1, -0.05) is 6.07 Å². The van der Waals surface area contributed by atoms with Crippen molar-refractivity contribution in [2.75, 3.05) is 24.7 Å². The zero-order valence-corrected chi connectivity index (χ0v) is 13.3. The normalized spacial score (nSPS) is 12.7. The average molecular weight is 314 g/mol. The fourth-order valence-corrected chi connectivity index (χ4v) is 2.37. The molecule has 0 radical (unpaired) electrons. The van der Waals surface area contributed by atoms with Crippen LogP contribution in [0.15, 0.2) is 18.3 Å². The molecule has 1 aromatic rings. The molecule has 0 fully saturated rings. The number of hydrogen-bond acceptors (Lipinski definition) is 5. The lowest BCUT2D eigenvalue weighted by Gasteiger charge is -2.12. The predicted molar refractivity (Wildman–Crippen MR) is 82.5 cm³/mol. The molecule has 0 unspecified atom stereocenters. The fourth-order valence-electron chi connectivity index (χ4n) is 1.62. The van der Waals surface area contributed by atoms with Crippen molar-refractivity contribution in [3.05, 3.63) is 23.9 Å². The largest absolute Gasteiger partial charge is 0.370 e. The van der Waals surface area contributed by atoms with Gasteiger partial charge in [0.2, 0.25) is 15.9 Å². The Morgan fingerprint density at radius 2 is 2.05 bits per heavy atom. The van der Waals surface area contributed by atoms with Crippen molar-refractivity contribution in [3.8, 4) is 0 Å². The van der Waals surface area contributed by atoms with Crippen molar-refractivity contribution >= 4 is 21.7 Å². The van der Waals surface area contributed by atoms with Gasteiger partial charge in [-0.25, -0.2) is 18.1 Å². The maximum absolute atomic E-state index is 11.6. The van der Waals surface area contributed by atoms with Crippen LogP contribution in [0.25, 0.3) is 0 Å². The summed E-state index contributed by atoms with van der Waals surface area (Å²) in [7, 11) is -3.37. The third kappa shape index (κ3) is 7.62. The summed E-state index contributed by atoms with van der Waals surface area (Å²) in [6.07, 6.45) is 3.52. The highest BCUT2D eigenvalue weighted by Gasteiger charge is 2.15. The Morgan fingerprint density at radius 3 is 2.62 bits per heavy atom. The van der Waals surface area contributed by atoms with E-state index in [1.165, 1.54) is 6.92 Å². The molecule has 0 spiro atoms. The highest BCUT2D eigenvalue weighted by molar-refractivity contribution is 7.88. The molecule has 3 N–H and O–H groups in total. The van der Waals surface area contributed by atoms with Crippen LogP contribution in [0.5, 0.6) is 0 Å². The van der Waals surface area contributed by atoms with Crippen molar-refractivity contribution in [2.24, 2.45) is 0 Å². The van der Waals surface area contributed by atoms with E-state index in [1.807, 2.05) is 19.1 Å². The first-order valence-electron chi connectivity index (χ1n) is 6.69. The van der Waals surface area contributed by atoms with E-state index in [1.54, 1.807) is 6.20 Å². The molecule has 1 atom stereocenters. The van der Waals surface area contributed by atoms with Gasteiger partial charge in [-0.2, -0.15) is 0 Å². The zero-order valence-electron chi connectivity index (χ0n) is 12.5. The summed E-state index contributed by atoms with van der Waals surface area (Å²) in [5.41, 5.74) is 1.10. The standard InChI is InChI=1S/C13H22N4O3S/c1-10-5-6-12(16-9-10)14-7-4-8-15-13(18)11(2)17-21(3,19)20/h5-6,9,11,17H,4,7-8H2,1-3H3,(H,14,16)(H,15,18)/t11-/m1/s1. The second-order valence-corrected chi connectivity index (χ2v) is 6.68. The molecule has 0 aliphatic carbocycles. The summed E-state index contributed by atoms with van der Waals surface area (Å²) in [4.78, 5) is 15.8. The summed E-state index contributed by atoms with van der Waals surface area (Å²) >= 11 is 0. The van der Waals surface area contributed by atoms with Gasteiger partial charge < -0.3 is 10.6 Å². The number of aryl methyl sites for hydroxylation is 1. The van der Waals surface area contributed by atoms with Crippen molar-refractivity contribution in [1.82, 2.24) is 15.0 Å². The number of rotatable bonds is 8. The predicted octanol–water partition coefficient (Wildman–Crippen LogP) is 0.246. The Hall–Kier alpha value is -1.67. The molecule has 7 nitrogen and oxygen atoms in total. The lowest BCUT2D eigenvalue weighted by molar-refractivity contribution is -0.122. The van der Waals surface area contributed by atoms with Gasteiger partial charge in [0.05, 0.1) is 12.3 Å². The van der Waals surface area contributed by atoms with Gasteiger partial charge in [-0.15, -0.1) is 0 Å². The monoisotopic (exact) mass is 314 g/mol. The van der Waals surface area contributed by atoms with Crippen molar-refractivity contribution in [3.63, 3.8) is 0 Å². The Balaban J connectivity index is 2.19. The lowest BCUT2D eigenvalue weighted by Crippen LogP contribution is -2.44. The van der Waals surface area contributed by atoms with E-state index in [4.69, 9.17) is 0 Å². The minimum Gasteiger partial charge on any atom is -0.370 e. The third-order valence-electron chi connectivity index (χ3n) is 2.65. The number of pyridine rings is 1. The fraction of sp³-hybridized carbons (Fsp3) is 0.538. The summed E-state index contributed by atoms with van der Waals surface area (Å²) in [5.74, 6) is 0.452. The number of aromatic nitrogens is 1. The molecular weight excluding hydrogens is 292 g/mol. The van der Waals surface area contributed by atoms with Crippen LogP contribution in [0.1, 0.15) is 18.9 Å². The van der Waals surface area contributed by atoms with Crippen LogP contribution in [0.3, 0.4) is 0 Å². The number of nitrogens with zero attached hydrogens (tertiary/aromatic N) is 1. The van der Waals surface area contributed by atoms with Gasteiger partial charge in [0.1, 0.15) is 5.82 Å². The highest BCUT2D eigenvalue weighted by Crippen LogP contribution is 2.03. The molecule has 21 heavy (non-hydrogen) atoms. The molecule has 0 aliphatic rings. The van der Waals surface area contributed by atoms with E-state index in [2.05, 4.69) is 20.3 Å². The minimum atomic E-state index is -3.37. The first-order valence-corrected chi connectivity index (χ1v) is 8.58. The Bertz CT molecular complexity index is 557. The molecule has 0 saturated heterocycles. The molecule has 0 saturated carbocycles. The summed E-state index contributed by atoms with van der Waals surface area (Å²) in [5, 5.41) is 5.81. The minimum absolute atomic E-state index is 0.339. The van der Waals surface area contributed by atoms with Crippen LogP contribution in [-0.2, 0) is 14.8 Å². The van der Waals surface area contributed by atoms with E-state index in [0.29, 0.717) is 19.5 Å². The number of hydrogen-bond donors (Lipinski definition) is 3. The molecule has 1 heterocycles.